The molecule has 0 aliphatic carbocycles. The third-order valence-electron chi connectivity index (χ3n) is 5.04. The molecular weight excluding hydrogens is 490 g/mol. The number of hydrogen-bond acceptors (Lipinski definition) is 3. The van der Waals surface area contributed by atoms with E-state index in [1.165, 1.54) is 16.7 Å². The summed E-state index contributed by atoms with van der Waals surface area (Å²) in [5.41, 5.74) is 3.83. The molecule has 3 aromatic carbocycles. The van der Waals surface area contributed by atoms with Gasteiger partial charge in [-0.15, -0.1) is 0 Å². The number of halogens is 1. The Morgan fingerprint density at radius 3 is 0.966 bits per heavy atom. The molecule has 0 spiro atoms. The van der Waals surface area contributed by atoms with Crippen molar-refractivity contribution in [2.75, 3.05) is 21.3 Å². The van der Waals surface area contributed by atoms with E-state index in [2.05, 4.69) is 36.4 Å². The summed E-state index contributed by atoms with van der Waals surface area (Å²) in [7, 11) is 12.5. The van der Waals surface area contributed by atoms with Crippen molar-refractivity contribution in [3.63, 3.8) is 0 Å². The van der Waals surface area contributed by atoms with Crippen LogP contribution in [0.1, 0.15) is 16.7 Å². The van der Waals surface area contributed by atoms with E-state index in [0.29, 0.717) is 0 Å². The van der Waals surface area contributed by atoms with Crippen molar-refractivity contribution < 1.29 is 14.2 Å². The number of hydrogen-bond donors (Lipinski definition) is 0. The zero-order chi connectivity index (χ0) is 20.7. The predicted molar refractivity (Wildman–Crippen MR) is 122 cm³/mol. The molecule has 3 aromatic rings. The second kappa shape index (κ2) is 10.3. The van der Waals surface area contributed by atoms with Gasteiger partial charge in [0.1, 0.15) is 0 Å². The van der Waals surface area contributed by atoms with Gasteiger partial charge >= 0.3 is 182 Å². The van der Waals surface area contributed by atoms with Crippen LogP contribution in [0, 0.1) is 0 Å². The summed E-state index contributed by atoms with van der Waals surface area (Å²) >= 11 is -3.10. The first-order chi connectivity index (χ1) is 14.0. The van der Waals surface area contributed by atoms with Gasteiger partial charge in [0.05, 0.1) is 0 Å². The van der Waals surface area contributed by atoms with Crippen LogP contribution < -0.4 is 14.2 Å². The average Bonchev–Trinajstić information content (AvgIpc) is 2.75. The van der Waals surface area contributed by atoms with E-state index < -0.39 is 17.3 Å². The van der Waals surface area contributed by atoms with Gasteiger partial charge in [0.15, 0.2) is 0 Å². The van der Waals surface area contributed by atoms with Crippen molar-refractivity contribution in [1.82, 2.24) is 0 Å². The molecule has 0 unspecified atom stereocenters. The molecule has 152 valence electrons. The molecule has 0 aromatic heterocycles. The van der Waals surface area contributed by atoms with E-state index in [1.54, 1.807) is 21.3 Å². The van der Waals surface area contributed by atoms with Crippen LogP contribution in [-0.4, -0.2) is 38.6 Å². The number of methoxy groups -OCH3 is 3. The normalized spacial score (nSPS) is 11.2. The molecular formula is C24H27ClO3Sn. The van der Waals surface area contributed by atoms with E-state index >= 15 is 0 Å². The van der Waals surface area contributed by atoms with E-state index in [-0.39, 0.29) is 0 Å². The Balaban J connectivity index is 1.84. The van der Waals surface area contributed by atoms with Crippen LogP contribution in [0.4, 0.5) is 0 Å². The topological polar surface area (TPSA) is 27.7 Å². The fourth-order valence-corrected chi connectivity index (χ4v) is 16.0. The Labute approximate surface area is 181 Å². The molecule has 0 bridgehead atoms. The quantitative estimate of drug-likeness (QED) is 0.349. The molecule has 0 amide bonds. The van der Waals surface area contributed by atoms with Gasteiger partial charge in [0.2, 0.25) is 0 Å². The first-order valence-corrected chi connectivity index (χ1v) is 19.3. The molecule has 0 atom stereocenters. The van der Waals surface area contributed by atoms with Gasteiger partial charge in [-0.05, 0) is 0 Å². The van der Waals surface area contributed by atoms with Gasteiger partial charge in [-0.2, -0.15) is 0 Å². The molecule has 0 radical (unpaired) electrons. The summed E-state index contributed by atoms with van der Waals surface area (Å²) in [5, 5.41) is 0. The summed E-state index contributed by atoms with van der Waals surface area (Å²) in [6.45, 7) is 0. The van der Waals surface area contributed by atoms with Crippen LogP contribution in [-0.2, 0) is 13.3 Å². The van der Waals surface area contributed by atoms with E-state index in [0.717, 1.165) is 30.6 Å². The Bertz CT molecular complexity index is 772. The average molecular weight is 518 g/mol. The van der Waals surface area contributed by atoms with Crippen molar-refractivity contribution in [2.24, 2.45) is 0 Å². The molecule has 29 heavy (non-hydrogen) atoms. The minimum atomic E-state index is -3.10. The number of benzene rings is 3. The van der Waals surface area contributed by atoms with Crippen LogP contribution >= 0.6 is 8.92 Å². The fourth-order valence-electron chi connectivity index (χ4n) is 3.52. The van der Waals surface area contributed by atoms with Crippen molar-refractivity contribution in [3.8, 4) is 17.2 Å². The first-order valence-electron chi connectivity index (χ1n) is 9.61. The molecule has 0 aliphatic heterocycles. The summed E-state index contributed by atoms with van der Waals surface area (Å²) < 4.78 is 18.8. The summed E-state index contributed by atoms with van der Waals surface area (Å²) in [4.78, 5) is 0. The van der Waals surface area contributed by atoms with Crippen LogP contribution in [0.2, 0.25) is 0 Å². The van der Waals surface area contributed by atoms with Gasteiger partial charge in [0, 0.05) is 0 Å². The Morgan fingerprint density at radius 1 is 0.517 bits per heavy atom. The van der Waals surface area contributed by atoms with Gasteiger partial charge in [-0.25, -0.2) is 0 Å². The second-order valence-corrected chi connectivity index (χ2v) is 22.2. The molecule has 0 aliphatic rings. The summed E-state index contributed by atoms with van der Waals surface area (Å²) in [6, 6.07) is 24.9. The van der Waals surface area contributed by atoms with E-state index in [1.807, 2.05) is 36.4 Å². The van der Waals surface area contributed by atoms with Crippen LogP contribution in [0.15, 0.2) is 72.8 Å². The molecule has 0 saturated heterocycles. The van der Waals surface area contributed by atoms with Crippen molar-refractivity contribution in [2.45, 2.75) is 13.3 Å². The molecule has 3 rings (SSSR count). The third-order valence-corrected chi connectivity index (χ3v) is 16.7. The minimum absolute atomic E-state index is 0.870. The molecule has 5 heteroatoms. The van der Waals surface area contributed by atoms with Gasteiger partial charge < -0.3 is 0 Å². The van der Waals surface area contributed by atoms with Gasteiger partial charge in [0.25, 0.3) is 0 Å². The van der Waals surface area contributed by atoms with Crippen molar-refractivity contribution >= 4 is 26.2 Å². The second-order valence-electron chi connectivity index (χ2n) is 7.23. The molecule has 0 heterocycles. The predicted octanol–water partition coefficient (Wildman–Crippen LogP) is 5.54. The zero-order valence-corrected chi connectivity index (χ0v) is 20.8. The molecule has 0 saturated carbocycles. The maximum atomic E-state index is 7.48. The zero-order valence-electron chi connectivity index (χ0n) is 17.2. The standard InChI is InChI=1S/3C8H9O.ClH.Sn/c3*1-7-3-5-8(9-2)6-4-7;;/h3*3-6H,1H2,2H3;1H;/q;;;;+1/p-1. The number of ether oxygens (including phenoxy) is 3. The molecule has 0 fully saturated rings. The third kappa shape index (κ3) is 6.31. The fraction of sp³-hybridized carbons (Fsp3) is 0.250. The molecule has 0 N–H and O–H groups in total. The Morgan fingerprint density at radius 2 is 0.759 bits per heavy atom. The van der Waals surface area contributed by atoms with Crippen molar-refractivity contribution in [1.29, 1.82) is 0 Å². The first kappa shape index (κ1) is 21.8. The Kier molecular flexibility index (Phi) is 7.73. The summed E-state index contributed by atoms with van der Waals surface area (Å²) in [5.74, 6) is 2.61. The SMILES string of the molecule is COc1ccc([CH2][Sn]([Cl])([CH2]c2ccc(OC)cc2)[CH2]c2ccc(OC)cc2)cc1. The van der Waals surface area contributed by atoms with Crippen LogP contribution in [0.5, 0.6) is 17.2 Å². The van der Waals surface area contributed by atoms with Gasteiger partial charge in [-0.1, -0.05) is 0 Å². The van der Waals surface area contributed by atoms with E-state index in [9.17, 15) is 0 Å². The van der Waals surface area contributed by atoms with Crippen LogP contribution in [0.3, 0.4) is 0 Å². The van der Waals surface area contributed by atoms with Crippen molar-refractivity contribution in [3.05, 3.63) is 89.5 Å². The van der Waals surface area contributed by atoms with Gasteiger partial charge in [-0.3, -0.25) is 0 Å². The number of rotatable bonds is 9. The summed E-state index contributed by atoms with van der Waals surface area (Å²) in [6.07, 6.45) is 0. The Hall–Kier alpha value is -1.85. The monoisotopic (exact) mass is 518 g/mol. The van der Waals surface area contributed by atoms with Crippen LogP contribution in [0.25, 0.3) is 0 Å². The maximum absolute atomic E-state index is 7.48. The molecule has 3 nitrogen and oxygen atoms in total. The van der Waals surface area contributed by atoms with E-state index in [4.69, 9.17) is 23.1 Å².